The monoisotopic (exact) mass is 125 g/mol. The van der Waals surface area contributed by atoms with E-state index in [1.165, 1.54) is 12.3 Å². The number of rotatable bonds is 1. The quantitative estimate of drug-likeness (QED) is 0.407. The molecule has 0 aromatic carbocycles. The molecule has 0 bridgehead atoms. The molecule has 0 radical (unpaired) electrons. The smallest absolute Gasteiger partial charge is 0.422 e. The van der Waals surface area contributed by atoms with Gasteiger partial charge in [-0.25, -0.2) is 0 Å². The summed E-state index contributed by atoms with van der Waals surface area (Å²) in [5.41, 5.74) is 0.102. The van der Waals surface area contributed by atoms with Crippen LogP contribution in [0.5, 0.6) is 0 Å². The first-order valence-electron chi connectivity index (χ1n) is 2.31. The van der Waals surface area contributed by atoms with Gasteiger partial charge in [-0.2, -0.15) is 0 Å². The third-order valence-corrected chi connectivity index (χ3v) is 0.788. The van der Waals surface area contributed by atoms with Crippen LogP contribution >= 0.6 is 0 Å². The van der Waals surface area contributed by atoms with E-state index in [0.29, 0.717) is 0 Å². The molecule has 0 saturated heterocycles. The Morgan fingerprint density at radius 2 is 2.22 bits per heavy atom. The van der Waals surface area contributed by atoms with E-state index in [0.717, 1.165) is 0 Å². The molecule has 0 aliphatic heterocycles. The normalized spacial score (nSPS) is 9.11. The molecule has 6 heteroatoms. The molecule has 0 saturated carbocycles. The first kappa shape index (κ1) is 6.12. The van der Waals surface area contributed by atoms with E-state index < -0.39 is 7.12 Å². The summed E-state index contributed by atoms with van der Waals surface area (Å²) >= 11 is 0. The minimum atomic E-state index is -1.56. The second kappa shape index (κ2) is 2.52. The molecular weight excluding hydrogens is 121 g/mol. The van der Waals surface area contributed by atoms with Crippen LogP contribution in [0.25, 0.3) is 0 Å². The Balaban J connectivity index is 2.85. The van der Waals surface area contributed by atoms with Gasteiger partial charge in [0.2, 0.25) is 0 Å². The lowest BCUT2D eigenvalue weighted by Gasteiger charge is -1.91. The van der Waals surface area contributed by atoms with Gasteiger partial charge in [-0.15, -0.1) is 10.2 Å². The zero-order valence-electron chi connectivity index (χ0n) is 4.47. The molecule has 1 heterocycles. The zero-order chi connectivity index (χ0) is 6.69. The summed E-state index contributed by atoms with van der Waals surface area (Å²) in [4.78, 5) is 0. The molecule has 2 N–H and O–H groups in total. The van der Waals surface area contributed by atoms with Crippen molar-refractivity contribution in [2.75, 3.05) is 0 Å². The molecule has 1 aromatic rings. The Labute approximate surface area is 51.5 Å². The number of hydrogen-bond donors (Lipinski definition) is 2. The van der Waals surface area contributed by atoms with Crippen molar-refractivity contribution in [1.82, 2.24) is 15.4 Å². The molecule has 46 valence electrons. The third-order valence-electron chi connectivity index (χ3n) is 0.788. The summed E-state index contributed by atoms with van der Waals surface area (Å²) in [7, 11) is -1.56. The van der Waals surface area contributed by atoms with Gasteiger partial charge in [-0.1, -0.05) is 0 Å². The van der Waals surface area contributed by atoms with Crippen LogP contribution in [-0.2, 0) is 0 Å². The summed E-state index contributed by atoms with van der Waals surface area (Å²) in [6.07, 6.45) is 1.34. The van der Waals surface area contributed by atoms with Gasteiger partial charge in [0.25, 0.3) is 0 Å². The van der Waals surface area contributed by atoms with E-state index in [1.807, 2.05) is 0 Å². The SMILES string of the molecule is OB(O)c1ccnnn1. The van der Waals surface area contributed by atoms with Gasteiger partial charge in [0.05, 0.1) is 11.8 Å². The average Bonchev–Trinajstić information content (AvgIpc) is 1.90. The van der Waals surface area contributed by atoms with Crippen molar-refractivity contribution in [2.24, 2.45) is 0 Å². The van der Waals surface area contributed by atoms with Gasteiger partial charge >= 0.3 is 7.12 Å². The van der Waals surface area contributed by atoms with Crippen LogP contribution in [0.3, 0.4) is 0 Å². The molecule has 0 aliphatic rings. The lowest BCUT2D eigenvalue weighted by Crippen LogP contribution is -2.33. The highest BCUT2D eigenvalue weighted by Crippen LogP contribution is 1.68. The standard InChI is InChI=1S/C3H4BN3O2/c8-4(9)3-1-2-5-7-6-3/h1-2,8-9H. The molecule has 5 nitrogen and oxygen atoms in total. The van der Waals surface area contributed by atoms with Crippen LogP contribution < -0.4 is 5.59 Å². The summed E-state index contributed by atoms with van der Waals surface area (Å²) in [5.74, 6) is 0. The molecule has 0 amide bonds. The lowest BCUT2D eigenvalue weighted by atomic mass is 9.86. The molecule has 0 aliphatic carbocycles. The second-order valence-corrected chi connectivity index (χ2v) is 1.42. The molecule has 0 unspecified atom stereocenters. The summed E-state index contributed by atoms with van der Waals surface area (Å²) < 4.78 is 0. The van der Waals surface area contributed by atoms with Crippen molar-refractivity contribution < 1.29 is 10.0 Å². The average molecular weight is 125 g/mol. The predicted molar refractivity (Wildman–Crippen MR) is 29.7 cm³/mol. The third kappa shape index (κ3) is 1.44. The van der Waals surface area contributed by atoms with Gasteiger partial charge < -0.3 is 10.0 Å². The van der Waals surface area contributed by atoms with Gasteiger partial charge in [-0.05, 0) is 11.3 Å². The maximum absolute atomic E-state index is 8.45. The lowest BCUT2D eigenvalue weighted by molar-refractivity contribution is 0.423. The highest BCUT2D eigenvalue weighted by atomic mass is 16.4. The van der Waals surface area contributed by atoms with Crippen molar-refractivity contribution >= 4 is 12.7 Å². The van der Waals surface area contributed by atoms with Gasteiger partial charge in [-0.3, -0.25) is 0 Å². The first-order chi connectivity index (χ1) is 4.30. The Morgan fingerprint density at radius 1 is 1.44 bits per heavy atom. The fourth-order valence-corrected chi connectivity index (χ4v) is 0.388. The highest BCUT2D eigenvalue weighted by molar-refractivity contribution is 6.57. The molecule has 1 aromatic heterocycles. The van der Waals surface area contributed by atoms with E-state index in [1.54, 1.807) is 0 Å². The Bertz CT molecular complexity index is 180. The van der Waals surface area contributed by atoms with Gasteiger partial charge in [0.1, 0.15) is 0 Å². The van der Waals surface area contributed by atoms with E-state index in [-0.39, 0.29) is 5.59 Å². The van der Waals surface area contributed by atoms with Crippen molar-refractivity contribution in [2.45, 2.75) is 0 Å². The fraction of sp³-hybridized carbons (Fsp3) is 0. The summed E-state index contributed by atoms with van der Waals surface area (Å²) in [5, 5.41) is 26.7. The van der Waals surface area contributed by atoms with Crippen LogP contribution in [0, 0.1) is 0 Å². The molecule has 0 spiro atoms. The van der Waals surface area contributed by atoms with Crippen LogP contribution in [-0.4, -0.2) is 32.6 Å². The molecule has 0 atom stereocenters. The maximum atomic E-state index is 8.45. The molecule has 0 fully saturated rings. The summed E-state index contributed by atoms with van der Waals surface area (Å²) in [6.45, 7) is 0. The minimum Gasteiger partial charge on any atom is -0.422 e. The second-order valence-electron chi connectivity index (χ2n) is 1.42. The molecular formula is C3H4BN3O2. The largest absolute Gasteiger partial charge is 0.510 e. The Morgan fingerprint density at radius 3 is 2.56 bits per heavy atom. The first-order valence-corrected chi connectivity index (χ1v) is 2.31. The van der Waals surface area contributed by atoms with Crippen LogP contribution in [0.4, 0.5) is 0 Å². The summed E-state index contributed by atoms with van der Waals surface area (Å²) in [6, 6.07) is 1.37. The van der Waals surface area contributed by atoms with E-state index in [2.05, 4.69) is 15.4 Å². The Kier molecular flexibility index (Phi) is 1.71. The number of hydrogen-bond acceptors (Lipinski definition) is 5. The van der Waals surface area contributed by atoms with E-state index >= 15 is 0 Å². The van der Waals surface area contributed by atoms with Crippen LogP contribution in [0.15, 0.2) is 12.3 Å². The van der Waals surface area contributed by atoms with Crippen molar-refractivity contribution in [3.05, 3.63) is 12.3 Å². The predicted octanol–water partition coefficient (Wildman–Crippen LogP) is -2.45. The van der Waals surface area contributed by atoms with Gasteiger partial charge in [0.15, 0.2) is 0 Å². The van der Waals surface area contributed by atoms with E-state index in [4.69, 9.17) is 10.0 Å². The number of nitrogens with zero attached hydrogens (tertiary/aromatic N) is 3. The number of aromatic nitrogens is 3. The minimum absolute atomic E-state index is 0.102. The Hall–Kier alpha value is -1.01. The maximum Gasteiger partial charge on any atom is 0.510 e. The van der Waals surface area contributed by atoms with Crippen LogP contribution in [0.1, 0.15) is 0 Å². The van der Waals surface area contributed by atoms with Crippen LogP contribution in [0.2, 0.25) is 0 Å². The van der Waals surface area contributed by atoms with Crippen molar-refractivity contribution in [1.29, 1.82) is 0 Å². The van der Waals surface area contributed by atoms with E-state index in [9.17, 15) is 0 Å². The molecule has 9 heavy (non-hydrogen) atoms. The fourth-order valence-electron chi connectivity index (χ4n) is 0.388. The molecule has 1 rings (SSSR count). The van der Waals surface area contributed by atoms with Crippen molar-refractivity contribution in [3.63, 3.8) is 0 Å². The topological polar surface area (TPSA) is 79.1 Å². The zero-order valence-corrected chi connectivity index (χ0v) is 4.47. The van der Waals surface area contributed by atoms with Gasteiger partial charge in [0, 0.05) is 0 Å². The van der Waals surface area contributed by atoms with Crippen molar-refractivity contribution in [3.8, 4) is 0 Å². The highest BCUT2D eigenvalue weighted by Gasteiger charge is 2.11.